The minimum Gasteiger partial charge on any atom is -0.347 e. The molecule has 3 aromatic rings. The maximum atomic E-state index is 12.9. The van der Waals surface area contributed by atoms with Crippen LogP contribution in [-0.2, 0) is 9.59 Å². The number of halogens is 1. The molecule has 1 fully saturated rings. The molecule has 35 heavy (non-hydrogen) atoms. The smallest absolute Gasteiger partial charge is 0.314 e. The molecular weight excluding hydrogens is 470 g/mol. The minimum atomic E-state index is -0.845. The highest BCUT2D eigenvalue weighted by atomic mass is 35.5. The summed E-state index contributed by atoms with van der Waals surface area (Å²) in [6.07, 6.45) is 6.11. The van der Waals surface area contributed by atoms with E-state index in [4.69, 9.17) is 11.6 Å². The molecular formula is C25H24ClN5O4. The summed E-state index contributed by atoms with van der Waals surface area (Å²) in [7, 11) is 0. The predicted molar refractivity (Wildman–Crippen MR) is 132 cm³/mol. The fourth-order valence-electron chi connectivity index (χ4n) is 4.00. The van der Waals surface area contributed by atoms with Crippen LogP contribution in [0.5, 0.6) is 0 Å². The van der Waals surface area contributed by atoms with Gasteiger partial charge in [0.1, 0.15) is 5.82 Å². The molecule has 1 aliphatic rings. The molecule has 1 aliphatic carbocycles. The second-order valence-electron chi connectivity index (χ2n) is 8.22. The van der Waals surface area contributed by atoms with Crippen LogP contribution in [0.15, 0.2) is 71.8 Å². The van der Waals surface area contributed by atoms with Crippen molar-refractivity contribution in [2.24, 2.45) is 0 Å². The van der Waals surface area contributed by atoms with Gasteiger partial charge in [-0.1, -0.05) is 30.5 Å². The number of benzene rings is 1. The second-order valence-corrected chi connectivity index (χ2v) is 8.65. The molecule has 9 nitrogen and oxygen atoms in total. The Labute approximate surface area is 206 Å². The number of rotatable bonds is 5. The molecule has 0 saturated heterocycles. The summed E-state index contributed by atoms with van der Waals surface area (Å²) in [5.41, 5.74) is 0.914. The Kier molecular flexibility index (Phi) is 7.57. The lowest BCUT2D eigenvalue weighted by Gasteiger charge is -2.32. The van der Waals surface area contributed by atoms with Gasteiger partial charge >= 0.3 is 11.8 Å². The van der Waals surface area contributed by atoms with Crippen LogP contribution in [0, 0.1) is 0 Å². The van der Waals surface area contributed by atoms with Gasteiger partial charge in [0.05, 0.1) is 5.02 Å². The van der Waals surface area contributed by atoms with Crippen LogP contribution >= 0.6 is 11.6 Å². The SMILES string of the molecule is O=C(Nc1ccc(Cl)cn1)C(=O)NC1CCCCC1NC(=O)c1ccc(-n2ccccc2=O)cc1. The number of hydrogen-bond donors (Lipinski definition) is 3. The van der Waals surface area contributed by atoms with Crippen LogP contribution in [0.25, 0.3) is 5.69 Å². The predicted octanol–water partition coefficient (Wildman–Crippen LogP) is 2.68. The van der Waals surface area contributed by atoms with Crippen molar-refractivity contribution < 1.29 is 14.4 Å². The third-order valence-corrected chi connectivity index (χ3v) is 6.03. The van der Waals surface area contributed by atoms with Gasteiger partial charge in [0.2, 0.25) is 0 Å². The topological polar surface area (TPSA) is 122 Å². The molecule has 1 aromatic carbocycles. The zero-order chi connectivity index (χ0) is 24.8. The summed E-state index contributed by atoms with van der Waals surface area (Å²) >= 11 is 5.78. The number of amides is 3. The zero-order valence-electron chi connectivity index (χ0n) is 18.7. The molecule has 2 atom stereocenters. The fraction of sp³-hybridized carbons (Fsp3) is 0.240. The number of nitrogens with one attached hydrogen (secondary N) is 3. The molecule has 0 radical (unpaired) electrons. The van der Waals surface area contributed by atoms with Gasteiger partial charge in [-0.15, -0.1) is 0 Å². The first-order valence-electron chi connectivity index (χ1n) is 11.2. The van der Waals surface area contributed by atoms with Gasteiger partial charge in [-0.25, -0.2) is 4.98 Å². The van der Waals surface area contributed by atoms with E-state index in [9.17, 15) is 19.2 Å². The van der Waals surface area contributed by atoms with Crippen molar-refractivity contribution in [1.82, 2.24) is 20.2 Å². The lowest BCUT2D eigenvalue weighted by Crippen LogP contribution is -2.55. The summed E-state index contributed by atoms with van der Waals surface area (Å²) in [4.78, 5) is 53.6. The van der Waals surface area contributed by atoms with E-state index in [1.807, 2.05) is 0 Å². The number of carbonyl (C=O) groups excluding carboxylic acids is 3. The summed E-state index contributed by atoms with van der Waals surface area (Å²) in [6, 6.07) is 13.9. The second kappa shape index (κ2) is 11.0. The Morgan fingerprint density at radius 2 is 1.60 bits per heavy atom. The van der Waals surface area contributed by atoms with Crippen molar-refractivity contribution in [3.05, 3.63) is 87.9 Å². The lowest BCUT2D eigenvalue weighted by atomic mass is 9.90. The Balaban J connectivity index is 1.37. The van der Waals surface area contributed by atoms with Crippen LogP contribution in [0.2, 0.25) is 5.02 Å². The highest BCUT2D eigenvalue weighted by Gasteiger charge is 2.30. The van der Waals surface area contributed by atoms with Crippen LogP contribution in [0.3, 0.4) is 0 Å². The van der Waals surface area contributed by atoms with E-state index in [0.29, 0.717) is 29.1 Å². The molecule has 3 N–H and O–H groups in total. The van der Waals surface area contributed by atoms with Crippen molar-refractivity contribution in [3.63, 3.8) is 0 Å². The van der Waals surface area contributed by atoms with E-state index in [2.05, 4.69) is 20.9 Å². The number of pyridine rings is 2. The molecule has 10 heteroatoms. The van der Waals surface area contributed by atoms with Crippen molar-refractivity contribution in [2.75, 3.05) is 5.32 Å². The average molecular weight is 494 g/mol. The van der Waals surface area contributed by atoms with E-state index < -0.39 is 11.8 Å². The first-order chi connectivity index (χ1) is 16.9. The maximum absolute atomic E-state index is 12.9. The molecule has 0 bridgehead atoms. The lowest BCUT2D eigenvalue weighted by molar-refractivity contribution is -0.136. The van der Waals surface area contributed by atoms with Gasteiger partial charge in [0.15, 0.2) is 0 Å². The van der Waals surface area contributed by atoms with Crippen molar-refractivity contribution in [3.8, 4) is 5.69 Å². The molecule has 0 aliphatic heterocycles. The summed E-state index contributed by atoms with van der Waals surface area (Å²) in [6.45, 7) is 0. The average Bonchev–Trinajstić information content (AvgIpc) is 2.87. The Morgan fingerprint density at radius 1 is 0.886 bits per heavy atom. The van der Waals surface area contributed by atoms with E-state index in [-0.39, 0.29) is 29.4 Å². The number of hydrogen-bond acceptors (Lipinski definition) is 5. The van der Waals surface area contributed by atoms with E-state index in [1.54, 1.807) is 48.7 Å². The van der Waals surface area contributed by atoms with Gasteiger partial charge < -0.3 is 16.0 Å². The molecule has 0 spiro atoms. The van der Waals surface area contributed by atoms with Crippen molar-refractivity contribution >= 4 is 35.1 Å². The standard InChI is InChI=1S/C25H24ClN5O4/c26-17-10-13-21(27-15-17)30-25(35)24(34)29-20-6-2-1-5-19(20)28-23(33)16-8-11-18(12-9-16)31-14-4-3-7-22(31)32/h3-4,7-15,19-20H,1-2,5-6H2,(H,28,33)(H,29,34)(H,27,30,35). The van der Waals surface area contributed by atoms with Crippen molar-refractivity contribution in [2.45, 2.75) is 37.8 Å². The summed E-state index contributed by atoms with van der Waals surface area (Å²) in [5.74, 6) is -1.73. The summed E-state index contributed by atoms with van der Waals surface area (Å²) < 4.78 is 1.49. The Morgan fingerprint density at radius 3 is 2.26 bits per heavy atom. The number of aromatic nitrogens is 2. The Hall–Kier alpha value is -3.98. The van der Waals surface area contributed by atoms with E-state index >= 15 is 0 Å². The van der Waals surface area contributed by atoms with Gasteiger partial charge in [-0.3, -0.25) is 23.7 Å². The van der Waals surface area contributed by atoms with Crippen LogP contribution in [-0.4, -0.2) is 39.4 Å². The van der Waals surface area contributed by atoms with Gasteiger partial charge in [-0.2, -0.15) is 0 Å². The highest BCUT2D eigenvalue weighted by Crippen LogP contribution is 2.20. The summed E-state index contributed by atoms with van der Waals surface area (Å²) in [5, 5.41) is 8.56. The van der Waals surface area contributed by atoms with Gasteiger partial charge in [-0.05, 0) is 55.3 Å². The molecule has 180 valence electrons. The first-order valence-corrected chi connectivity index (χ1v) is 11.6. The monoisotopic (exact) mass is 493 g/mol. The first kappa shape index (κ1) is 24.2. The molecule has 2 aromatic heterocycles. The van der Waals surface area contributed by atoms with Crippen LogP contribution < -0.4 is 21.5 Å². The van der Waals surface area contributed by atoms with Gasteiger partial charge in [0, 0.05) is 41.8 Å². The molecule has 4 rings (SSSR count). The Bertz CT molecular complexity index is 1270. The fourth-order valence-corrected chi connectivity index (χ4v) is 4.11. The van der Waals surface area contributed by atoms with Crippen molar-refractivity contribution in [1.29, 1.82) is 0 Å². The van der Waals surface area contributed by atoms with Crippen LogP contribution in [0.4, 0.5) is 5.82 Å². The quantitative estimate of drug-likeness (QED) is 0.472. The number of anilines is 1. The number of nitrogens with zero attached hydrogens (tertiary/aromatic N) is 2. The third kappa shape index (κ3) is 6.13. The highest BCUT2D eigenvalue weighted by molar-refractivity contribution is 6.39. The van der Waals surface area contributed by atoms with E-state index in [1.165, 1.54) is 22.9 Å². The number of carbonyl (C=O) groups is 3. The van der Waals surface area contributed by atoms with E-state index in [0.717, 1.165) is 12.8 Å². The molecule has 1 saturated carbocycles. The maximum Gasteiger partial charge on any atom is 0.314 e. The van der Waals surface area contributed by atoms with Crippen LogP contribution in [0.1, 0.15) is 36.0 Å². The molecule has 3 amide bonds. The normalized spacial score (nSPS) is 17.3. The molecule has 2 unspecified atom stereocenters. The largest absolute Gasteiger partial charge is 0.347 e. The zero-order valence-corrected chi connectivity index (χ0v) is 19.5. The van der Waals surface area contributed by atoms with Gasteiger partial charge in [0.25, 0.3) is 11.5 Å². The third-order valence-electron chi connectivity index (χ3n) is 5.80. The minimum absolute atomic E-state index is 0.165. The molecule has 2 heterocycles.